The normalized spacial score (nSPS) is 10.8. The summed E-state index contributed by atoms with van der Waals surface area (Å²) in [6.07, 6.45) is 0. The van der Waals surface area contributed by atoms with E-state index in [1.807, 2.05) is 19.2 Å². The number of benzene rings is 1. The SMILES string of the molecule is COc1cc(CN(C)CCN)cc(Br)c1O. The standard InChI is InChI=1S/C11H17BrN2O2/c1-14(4-3-13)7-8-5-9(12)11(15)10(6-8)16-2/h5-6,15H,3-4,7,13H2,1-2H3. The predicted octanol–water partition coefficient (Wildman–Crippen LogP) is 1.55. The van der Waals surface area contributed by atoms with Gasteiger partial charge in [0.15, 0.2) is 11.5 Å². The maximum atomic E-state index is 9.65. The Kier molecular flexibility index (Phi) is 5.05. The largest absolute Gasteiger partial charge is 0.503 e. The second-order valence-electron chi connectivity index (χ2n) is 3.65. The van der Waals surface area contributed by atoms with Gasteiger partial charge in [0.25, 0.3) is 0 Å². The number of methoxy groups -OCH3 is 1. The molecule has 0 bridgehead atoms. The summed E-state index contributed by atoms with van der Waals surface area (Å²) < 4.78 is 5.73. The molecule has 0 amide bonds. The number of rotatable bonds is 5. The van der Waals surface area contributed by atoms with Gasteiger partial charge in [-0.25, -0.2) is 0 Å². The molecule has 0 saturated heterocycles. The van der Waals surface area contributed by atoms with E-state index < -0.39 is 0 Å². The maximum Gasteiger partial charge on any atom is 0.172 e. The Labute approximate surface area is 104 Å². The van der Waals surface area contributed by atoms with Crippen molar-refractivity contribution in [2.24, 2.45) is 5.73 Å². The number of nitrogens with two attached hydrogens (primary N) is 1. The van der Waals surface area contributed by atoms with Gasteiger partial charge in [-0.1, -0.05) is 0 Å². The van der Waals surface area contributed by atoms with Crippen molar-refractivity contribution < 1.29 is 9.84 Å². The number of ether oxygens (including phenoxy) is 1. The summed E-state index contributed by atoms with van der Waals surface area (Å²) in [5.41, 5.74) is 6.54. The molecule has 16 heavy (non-hydrogen) atoms. The molecule has 90 valence electrons. The third kappa shape index (κ3) is 3.37. The monoisotopic (exact) mass is 288 g/mol. The molecule has 0 atom stereocenters. The van der Waals surface area contributed by atoms with Crippen molar-refractivity contribution in [1.82, 2.24) is 4.90 Å². The minimum atomic E-state index is 0.132. The van der Waals surface area contributed by atoms with Crippen LogP contribution < -0.4 is 10.5 Å². The average molecular weight is 289 g/mol. The van der Waals surface area contributed by atoms with Crippen LogP contribution in [0.3, 0.4) is 0 Å². The van der Waals surface area contributed by atoms with Crippen molar-refractivity contribution in [3.8, 4) is 11.5 Å². The quantitative estimate of drug-likeness (QED) is 0.863. The van der Waals surface area contributed by atoms with E-state index in [0.29, 0.717) is 16.8 Å². The number of likely N-dealkylation sites (N-methyl/N-ethyl adjacent to an activating group) is 1. The number of hydrogen-bond donors (Lipinski definition) is 2. The van der Waals surface area contributed by atoms with Crippen LogP contribution in [-0.2, 0) is 6.54 Å². The zero-order chi connectivity index (χ0) is 12.1. The summed E-state index contributed by atoms with van der Waals surface area (Å²) in [4.78, 5) is 2.11. The van der Waals surface area contributed by atoms with Crippen LogP contribution in [0.25, 0.3) is 0 Å². The van der Waals surface area contributed by atoms with E-state index >= 15 is 0 Å². The highest BCUT2D eigenvalue weighted by Crippen LogP contribution is 2.35. The second-order valence-corrected chi connectivity index (χ2v) is 4.51. The highest BCUT2D eigenvalue weighted by Gasteiger charge is 2.09. The zero-order valence-corrected chi connectivity index (χ0v) is 11.1. The zero-order valence-electron chi connectivity index (χ0n) is 9.53. The van der Waals surface area contributed by atoms with Crippen LogP contribution in [0.4, 0.5) is 0 Å². The van der Waals surface area contributed by atoms with Crippen LogP contribution in [0.5, 0.6) is 11.5 Å². The van der Waals surface area contributed by atoms with Crippen LogP contribution in [0.15, 0.2) is 16.6 Å². The molecule has 0 fully saturated rings. The Morgan fingerprint density at radius 3 is 2.75 bits per heavy atom. The first-order valence-electron chi connectivity index (χ1n) is 5.02. The van der Waals surface area contributed by atoms with E-state index in [4.69, 9.17) is 10.5 Å². The van der Waals surface area contributed by atoms with Crippen molar-refractivity contribution in [2.45, 2.75) is 6.54 Å². The third-order valence-electron chi connectivity index (χ3n) is 2.27. The fourth-order valence-corrected chi connectivity index (χ4v) is 1.97. The molecule has 0 aromatic heterocycles. The summed E-state index contributed by atoms with van der Waals surface area (Å²) >= 11 is 3.29. The van der Waals surface area contributed by atoms with Gasteiger partial charge in [0.05, 0.1) is 11.6 Å². The number of aromatic hydroxyl groups is 1. The van der Waals surface area contributed by atoms with Gasteiger partial charge in [0.1, 0.15) is 0 Å². The first-order valence-corrected chi connectivity index (χ1v) is 5.81. The van der Waals surface area contributed by atoms with Gasteiger partial charge in [-0.3, -0.25) is 0 Å². The number of halogens is 1. The van der Waals surface area contributed by atoms with Gasteiger partial charge < -0.3 is 20.5 Å². The summed E-state index contributed by atoms with van der Waals surface area (Å²) in [5.74, 6) is 0.609. The molecule has 1 aromatic rings. The molecular weight excluding hydrogens is 272 g/mol. The molecule has 1 rings (SSSR count). The summed E-state index contributed by atoms with van der Waals surface area (Å²) in [5, 5.41) is 9.65. The van der Waals surface area contributed by atoms with E-state index in [1.54, 1.807) is 0 Å². The fourth-order valence-electron chi connectivity index (χ4n) is 1.49. The maximum absolute atomic E-state index is 9.65. The first kappa shape index (κ1) is 13.3. The summed E-state index contributed by atoms with van der Waals surface area (Å²) in [6.45, 7) is 2.24. The van der Waals surface area contributed by atoms with Crippen molar-refractivity contribution in [3.63, 3.8) is 0 Å². The molecule has 5 heteroatoms. The lowest BCUT2D eigenvalue weighted by Crippen LogP contribution is -2.24. The summed E-state index contributed by atoms with van der Waals surface area (Å²) in [6, 6.07) is 3.71. The number of phenols is 1. The van der Waals surface area contributed by atoms with E-state index in [9.17, 15) is 5.11 Å². The lowest BCUT2D eigenvalue weighted by Gasteiger charge is -2.16. The molecule has 3 N–H and O–H groups in total. The van der Waals surface area contributed by atoms with Crippen LogP contribution in [0.1, 0.15) is 5.56 Å². The Morgan fingerprint density at radius 1 is 1.50 bits per heavy atom. The molecule has 0 spiro atoms. The highest BCUT2D eigenvalue weighted by molar-refractivity contribution is 9.10. The summed E-state index contributed by atoms with van der Waals surface area (Å²) in [7, 11) is 3.54. The minimum absolute atomic E-state index is 0.132. The first-order chi connectivity index (χ1) is 7.58. The van der Waals surface area contributed by atoms with Crippen LogP contribution in [0, 0.1) is 0 Å². The molecular formula is C11H17BrN2O2. The number of hydrogen-bond acceptors (Lipinski definition) is 4. The number of nitrogens with zero attached hydrogens (tertiary/aromatic N) is 1. The van der Waals surface area contributed by atoms with Crippen molar-refractivity contribution >= 4 is 15.9 Å². The number of phenolic OH excluding ortho intramolecular Hbond substituents is 1. The van der Waals surface area contributed by atoms with Crippen molar-refractivity contribution in [3.05, 3.63) is 22.2 Å². The van der Waals surface area contributed by atoms with E-state index in [1.165, 1.54) is 7.11 Å². The Morgan fingerprint density at radius 2 is 2.19 bits per heavy atom. The van der Waals surface area contributed by atoms with E-state index in [-0.39, 0.29) is 5.75 Å². The minimum Gasteiger partial charge on any atom is -0.503 e. The third-order valence-corrected chi connectivity index (χ3v) is 2.88. The fraction of sp³-hybridized carbons (Fsp3) is 0.455. The molecule has 0 aliphatic carbocycles. The lowest BCUT2D eigenvalue weighted by molar-refractivity contribution is 0.333. The van der Waals surface area contributed by atoms with Gasteiger partial charge in [0, 0.05) is 19.6 Å². The molecule has 0 saturated carbocycles. The topological polar surface area (TPSA) is 58.7 Å². The van der Waals surface area contributed by atoms with Crippen LogP contribution in [-0.4, -0.2) is 37.3 Å². The van der Waals surface area contributed by atoms with Crippen LogP contribution in [0.2, 0.25) is 0 Å². The van der Waals surface area contributed by atoms with Crippen molar-refractivity contribution in [1.29, 1.82) is 0 Å². The molecule has 4 nitrogen and oxygen atoms in total. The smallest absolute Gasteiger partial charge is 0.172 e. The Balaban J connectivity index is 2.85. The molecule has 1 aromatic carbocycles. The Bertz CT molecular complexity index is 358. The van der Waals surface area contributed by atoms with Gasteiger partial charge >= 0.3 is 0 Å². The molecule has 0 heterocycles. The Hall–Kier alpha value is -0.780. The molecule has 0 aliphatic heterocycles. The van der Waals surface area contributed by atoms with E-state index in [2.05, 4.69) is 20.8 Å². The molecule has 0 aliphatic rings. The predicted molar refractivity (Wildman–Crippen MR) is 67.7 cm³/mol. The highest BCUT2D eigenvalue weighted by atomic mass is 79.9. The van der Waals surface area contributed by atoms with Gasteiger partial charge in [-0.15, -0.1) is 0 Å². The second kappa shape index (κ2) is 6.08. The van der Waals surface area contributed by atoms with Gasteiger partial charge in [-0.2, -0.15) is 0 Å². The van der Waals surface area contributed by atoms with Crippen LogP contribution >= 0.6 is 15.9 Å². The lowest BCUT2D eigenvalue weighted by atomic mass is 10.2. The van der Waals surface area contributed by atoms with Crippen molar-refractivity contribution in [2.75, 3.05) is 27.2 Å². The molecule has 0 unspecified atom stereocenters. The average Bonchev–Trinajstić information content (AvgIpc) is 2.23. The molecule has 0 radical (unpaired) electrons. The van der Waals surface area contributed by atoms with Gasteiger partial charge in [-0.05, 0) is 40.7 Å². The van der Waals surface area contributed by atoms with E-state index in [0.717, 1.165) is 18.7 Å². The van der Waals surface area contributed by atoms with Gasteiger partial charge in [0.2, 0.25) is 0 Å².